The molecule has 3 heteroatoms. The second-order valence-electron chi connectivity index (χ2n) is 7.15. The average molecular weight is 296 g/mol. The monoisotopic (exact) mass is 296 g/mol. The van der Waals surface area contributed by atoms with Crippen LogP contribution in [0.1, 0.15) is 25.3 Å². The Balaban J connectivity index is 1.36. The summed E-state index contributed by atoms with van der Waals surface area (Å²) in [7, 11) is 0. The lowest BCUT2D eigenvalue weighted by molar-refractivity contribution is 0.282. The number of fused-ring (bicyclic) bond motifs is 1. The van der Waals surface area contributed by atoms with Gasteiger partial charge in [0.05, 0.1) is 5.54 Å². The lowest BCUT2D eigenvalue weighted by Gasteiger charge is -2.29. The van der Waals surface area contributed by atoms with Gasteiger partial charge in [-0.2, -0.15) is 0 Å². The fourth-order valence-electron chi connectivity index (χ4n) is 5.13. The maximum Gasteiger partial charge on any atom is 0.123 e. The second-order valence-corrected chi connectivity index (χ2v) is 7.15. The zero-order valence-corrected chi connectivity index (χ0v) is 12.8. The number of nitrogens with zero attached hydrogens (tertiary/aromatic N) is 1. The summed E-state index contributed by atoms with van der Waals surface area (Å²) in [6, 6.07) is 5.78. The summed E-state index contributed by atoms with van der Waals surface area (Å²) in [6.45, 7) is 3.41. The van der Waals surface area contributed by atoms with Crippen LogP contribution in [0.5, 0.6) is 0 Å². The molecule has 2 aromatic rings. The molecule has 1 N–H and O–H groups in total. The number of halogens is 1. The minimum atomic E-state index is -0.149. The molecule has 0 amide bonds. The van der Waals surface area contributed by atoms with Gasteiger partial charge in [0, 0.05) is 35.6 Å². The quantitative estimate of drug-likeness (QED) is 0.670. The van der Waals surface area contributed by atoms with Crippen molar-refractivity contribution in [3.63, 3.8) is 0 Å². The van der Waals surface area contributed by atoms with Crippen LogP contribution < -0.4 is 0 Å². The number of H-pyrrole nitrogens is 1. The number of rotatable bonds is 4. The lowest BCUT2D eigenvalue weighted by atomic mass is 9.83. The van der Waals surface area contributed by atoms with Crippen molar-refractivity contribution >= 4 is 10.9 Å². The van der Waals surface area contributed by atoms with E-state index in [0.29, 0.717) is 5.54 Å². The van der Waals surface area contributed by atoms with E-state index in [1.807, 2.05) is 12.3 Å². The lowest BCUT2D eigenvalue weighted by Crippen LogP contribution is -2.32. The molecule has 5 rings (SSSR count). The van der Waals surface area contributed by atoms with E-state index in [9.17, 15) is 4.39 Å². The van der Waals surface area contributed by atoms with Gasteiger partial charge in [-0.3, -0.25) is 4.90 Å². The SMILES string of the molecule is CCC1CC2C=CC23C1N3CCc1c[nH]c2ccc(F)cc12. The van der Waals surface area contributed by atoms with Crippen LogP contribution in [-0.4, -0.2) is 28.0 Å². The number of aromatic nitrogens is 1. The highest BCUT2D eigenvalue weighted by molar-refractivity contribution is 5.83. The first-order chi connectivity index (χ1) is 10.7. The summed E-state index contributed by atoms with van der Waals surface area (Å²) in [5, 5.41) is 1.04. The summed E-state index contributed by atoms with van der Waals surface area (Å²) in [4.78, 5) is 5.95. The van der Waals surface area contributed by atoms with Crippen molar-refractivity contribution in [3.8, 4) is 0 Å². The normalized spacial score (nSPS) is 37.9. The topological polar surface area (TPSA) is 18.8 Å². The predicted octanol–water partition coefficient (Wildman–Crippen LogP) is 3.89. The highest BCUT2D eigenvalue weighted by Gasteiger charge is 2.73. The Kier molecular flexibility index (Phi) is 2.48. The fourth-order valence-corrected chi connectivity index (χ4v) is 5.13. The molecule has 22 heavy (non-hydrogen) atoms. The molecule has 0 bridgehead atoms. The van der Waals surface area contributed by atoms with Crippen molar-refractivity contribution in [1.82, 2.24) is 9.88 Å². The molecule has 5 atom stereocenters. The van der Waals surface area contributed by atoms with Gasteiger partial charge in [-0.05, 0) is 42.5 Å². The Labute approximate surface area is 130 Å². The molecule has 3 aliphatic rings. The molecule has 0 radical (unpaired) electrons. The molecule has 2 fully saturated rings. The third-order valence-corrected chi connectivity index (χ3v) is 6.31. The smallest absolute Gasteiger partial charge is 0.123 e. The number of hydrogen-bond acceptors (Lipinski definition) is 1. The standard InChI is InChI=1S/C19H21FN2/c1-2-12-9-14-5-7-19(14)18(12)22(19)8-6-13-11-21-17-4-3-15(20)10-16(13)17/h3-5,7,10-12,14,18,21H,2,6,8-9H2,1H3. The van der Waals surface area contributed by atoms with Crippen LogP contribution in [0.15, 0.2) is 36.5 Å². The first-order valence-electron chi connectivity index (χ1n) is 8.45. The number of hydrogen-bond donors (Lipinski definition) is 1. The minimum Gasteiger partial charge on any atom is -0.361 e. The van der Waals surface area contributed by atoms with Gasteiger partial charge in [0.25, 0.3) is 0 Å². The zero-order valence-electron chi connectivity index (χ0n) is 12.8. The van der Waals surface area contributed by atoms with E-state index in [2.05, 4.69) is 29.0 Å². The van der Waals surface area contributed by atoms with E-state index in [1.165, 1.54) is 24.5 Å². The number of benzene rings is 1. The summed E-state index contributed by atoms with van der Waals surface area (Å²) in [6.07, 6.45) is 10.6. The molecule has 1 aromatic carbocycles. The Morgan fingerprint density at radius 3 is 3.09 bits per heavy atom. The van der Waals surface area contributed by atoms with Crippen LogP contribution in [-0.2, 0) is 6.42 Å². The van der Waals surface area contributed by atoms with E-state index >= 15 is 0 Å². The highest BCUT2D eigenvalue weighted by Crippen LogP contribution is 2.65. The third-order valence-electron chi connectivity index (χ3n) is 6.31. The van der Waals surface area contributed by atoms with Crippen molar-refractivity contribution in [2.75, 3.05) is 6.54 Å². The molecular weight excluding hydrogens is 275 g/mol. The van der Waals surface area contributed by atoms with Gasteiger partial charge in [-0.15, -0.1) is 0 Å². The Morgan fingerprint density at radius 2 is 2.32 bits per heavy atom. The number of aromatic amines is 1. The Bertz CT molecular complexity index is 777. The van der Waals surface area contributed by atoms with Gasteiger partial charge in [0.2, 0.25) is 0 Å². The van der Waals surface area contributed by atoms with Crippen LogP contribution in [0.25, 0.3) is 10.9 Å². The second kappa shape index (κ2) is 4.23. The molecule has 2 aliphatic carbocycles. The van der Waals surface area contributed by atoms with E-state index in [4.69, 9.17) is 0 Å². The molecule has 1 aromatic heterocycles. The molecule has 2 nitrogen and oxygen atoms in total. The third kappa shape index (κ3) is 1.48. The number of piperidine rings is 1. The number of likely N-dealkylation sites (tertiary alicyclic amines) is 1. The Morgan fingerprint density at radius 1 is 1.41 bits per heavy atom. The average Bonchev–Trinajstić information content (AvgIpc) is 2.94. The first-order valence-corrected chi connectivity index (χ1v) is 8.45. The predicted molar refractivity (Wildman–Crippen MR) is 86.2 cm³/mol. The molecule has 5 unspecified atom stereocenters. The number of nitrogens with one attached hydrogen (secondary N) is 1. The van der Waals surface area contributed by atoms with Crippen LogP contribution in [0.2, 0.25) is 0 Å². The zero-order chi connectivity index (χ0) is 14.9. The largest absolute Gasteiger partial charge is 0.361 e. The van der Waals surface area contributed by atoms with Crippen LogP contribution >= 0.6 is 0 Å². The molecule has 1 spiro atoms. The van der Waals surface area contributed by atoms with Crippen molar-refractivity contribution < 1.29 is 4.39 Å². The first kappa shape index (κ1) is 12.9. The maximum atomic E-state index is 13.5. The fraction of sp³-hybridized carbons (Fsp3) is 0.474. The van der Waals surface area contributed by atoms with Crippen molar-refractivity contribution in [1.29, 1.82) is 0 Å². The molecule has 2 heterocycles. The van der Waals surface area contributed by atoms with E-state index < -0.39 is 0 Å². The van der Waals surface area contributed by atoms with Crippen LogP contribution in [0.3, 0.4) is 0 Å². The molecule has 1 aliphatic heterocycles. The van der Waals surface area contributed by atoms with Crippen molar-refractivity contribution in [2.45, 2.75) is 37.8 Å². The van der Waals surface area contributed by atoms with Gasteiger partial charge in [0.1, 0.15) is 5.82 Å². The summed E-state index contributed by atoms with van der Waals surface area (Å²) in [5.74, 6) is 1.51. The van der Waals surface area contributed by atoms with Crippen molar-refractivity contribution in [2.24, 2.45) is 11.8 Å². The van der Waals surface area contributed by atoms with Crippen LogP contribution in [0, 0.1) is 17.7 Å². The van der Waals surface area contributed by atoms with E-state index in [0.717, 1.165) is 41.7 Å². The van der Waals surface area contributed by atoms with Gasteiger partial charge >= 0.3 is 0 Å². The summed E-state index contributed by atoms with van der Waals surface area (Å²) in [5.41, 5.74) is 2.69. The van der Waals surface area contributed by atoms with E-state index in [1.54, 1.807) is 6.07 Å². The maximum absolute atomic E-state index is 13.5. The molecule has 1 saturated heterocycles. The minimum absolute atomic E-state index is 0.149. The highest BCUT2D eigenvalue weighted by atomic mass is 19.1. The Hall–Kier alpha value is -1.61. The van der Waals surface area contributed by atoms with Gasteiger partial charge < -0.3 is 4.98 Å². The van der Waals surface area contributed by atoms with Gasteiger partial charge in [-0.25, -0.2) is 4.39 Å². The van der Waals surface area contributed by atoms with Crippen molar-refractivity contribution in [3.05, 3.63) is 47.9 Å². The van der Waals surface area contributed by atoms with Gasteiger partial charge in [-0.1, -0.05) is 25.5 Å². The summed E-state index contributed by atoms with van der Waals surface area (Å²) < 4.78 is 13.5. The van der Waals surface area contributed by atoms with Crippen LogP contribution in [0.4, 0.5) is 4.39 Å². The molecular formula is C19H21FN2. The molecule has 1 saturated carbocycles. The van der Waals surface area contributed by atoms with E-state index in [-0.39, 0.29) is 5.82 Å². The summed E-state index contributed by atoms with van der Waals surface area (Å²) >= 11 is 0. The molecule has 114 valence electrons. The van der Waals surface area contributed by atoms with Gasteiger partial charge in [0.15, 0.2) is 0 Å².